The maximum absolute atomic E-state index is 14.6. The Morgan fingerprint density at radius 3 is 2.59 bits per heavy atom. The zero-order chi connectivity index (χ0) is 22.1. The number of carbonyl (C=O) groups is 1. The summed E-state index contributed by atoms with van der Waals surface area (Å²) in [5, 5.41) is 3.10. The van der Waals surface area contributed by atoms with E-state index < -0.39 is 17.3 Å². The van der Waals surface area contributed by atoms with Gasteiger partial charge in [-0.1, -0.05) is 24.3 Å². The molecule has 1 aromatic heterocycles. The molecule has 5 rings (SSSR count). The zero-order valence-corrected chi connectivity index (χ0v) is 16.9. The number of nitrogens with zero attached hydrogens (tertiary/aromatic N) is 2. The van der Waals surface area contributed by atoms with Crippen molar-refractivity contribution in [1.82, 2.24) is 9.55 Å². The van der Waals surface area contributed by atoms with Crippen LogP contribution >= 0.6 is 0 Å². The second kappa shape index (κ2) is 8.14. The molecule has 0 aliphatic carbocycles. The Morgan fingerprint density at radius 1 is 1.00 bits per heavy atom. The third-order valence-electron chi connectivity index (χ3n) is 5.10. The molecule has 0 fully saturated rings. The standard InChI is InChI=1S/C24H18FN3O4/c25-18-7-3-1-5-16(18)23-27-19-8-4-2-6-17(19)24(30)28(23)14-22(29)26-15-9-10-20-21(13-15)32-12-11-31-20/h1-10,13H,11-12,14H2,(H,26,29). The predicted molar refractivity (Wildman–Crippen MR) is 117 cm³/mol. The quantitative estimate of drug-likeness (QED) is 0.534. The van der Waals surface area contributed by atoms with Crippen LogP contribution in [-0.4, -0.2) is 28.7 Å². The molecule has 0 unspecified atom stereocenters. The molecule has 32 heavy (non-hydrogen) atoms. The molecule has 2 heterocycles. The van der Waals surface area contributed by atoms with Crippen molar-refractivity contribution in [2.75, 3.05) is 18.5 Å². The lowest BCUT2D eigenvalue weighted by atomic mass is 10.1. The number of fused-ring (bicyclic) bond motifs is 2. The van der Waals surface area contributed by atoms with Crippen LogP contribution in [0.2, 0.25) is 0 Å². The second-order valence-electron chi connectivity index (χ2n) is 7.23. The van der Waals surface area contributed by atoms with Crippen LogP contribution in [0.15, 0.2) is 71.5 Å². The predicted octanol–water partition coefficient (Wildman–Crippen LogP) is 3.61. The number of benzene rings is 3. The highest BCUT2D eigenvalue weighted by atomic mass is 19.1. The summed E-state index contributed by atoms with van der Waals surface area (Å²) in [7, 11) is 0. The van der Waals surface area contributed by atoms with Gasteiger partial charge in [0.1, 0.15) is 31.4 Å². The fourth-order valence-electron chi connectivity index (χ4n) is 3.63. The molecule has 3 aromatic carbocycles. The van der Waals surface area contributed by atoms with E-state index >= 15 is 0 Å². The summed E-state index contributed by atoms with van der Waals surface area (Å²) in [5.74, 6) is 0.231. The van der Waals surface area contributed by atoms with Crippen molar-refractivity contribution in [2.45, 2.75) is 6.54 Å². The van der Waals surface area contributed by atoms with Gasteiger partial charge in [0.25, 0.3) is 5.56 Å². The minimum absolute atomic E-state index is 0.0872. The van der Waals surface area contributed by atoms with Crippen molar-refractivity contribution in [1.29, 1.82) is 0 Å². The smallest absolute Gasteiger partial charge is 0.262 e. The van der Waals surface area contributed by atoms with Gasteiger partial charge >= 0.3 is 0 Å². The number of ether oxygens (including phenoxy) is 2. The normalized spacial score (nSPS) is 12.5. The van der Waals surface area contributed by atoms with Crippen LogP contribution in [0.4, 0.5) is 10.1 Å². The summed E-state index contributed by atoms with van der Waals surface area (Å²) >= 11 is 0. The molecule has 1 amide bonds. The van der Waals surface area contributed by atoms with Crippen LogP contribution in [0.1, 0.15) is 0 Å². The molecule has 0 saturated carbocycles. The van der Waals surface area contributed by atoms with E-state index in [1.54, 1.807) is 54.6 Å². The van der Waals surface area contributed by atoms with Gasteiger partial charge in [0, 0.05) is 11.8 Å². The minimum Gasteiger partial charge on any atom is -0.486 e. The molecule has 8 heteroatoms. The fraction of sp³-hybridized carbons (Fsp3) is 0.125. The Hall–Kier alpha value is -4.20. The minimum atomic E-state index is -0.532. The molecule has 0 spiro atoms. The van der Waals surface area contributed by atoms with Crippen molar-refractivity contribution in [2.24, 2.45) is 0 Å². The van der Waals surface area contributed by atoms with E-state index in [1.165, 1.54) is 16.7 Å². The summed E-state index contributed by atoms with van der Waals surface area (Å²) in [4.78, 5) is 30.5. The van der Waals surface area contributed by atoms with Crippen molar-refractivity contribution in [3.63, 3.8) is 0 Å². The first kappa shape index (κ1) is 19.7. The SMILES string of the molecule is O=C(Cn1c(-c2ccccc2F)nc2ccccc2c1=O)Nc1ccc2c(c1)OCCO2. The highest BCUT2D eigenvalue weighted by Crippen LogP contribution is 2.32. The summed E-state index contributed by atoms with van der Waals surface area (Å²) in [6.07, 6.45) is 0. The Balaban J connectivity index is 1.52. The van der Waals surface area contributed by atoms with E-state index in [2.05, 4.69) is 10.3 Å². The Bertz CT molecular complexity index is 1400. The Morgan fingerprint density at radius 2 is 1.75 bits per heavy atom. The number of halogens is 1. The van der Waals surface area contributed by atoms with Gasteiger partial charge in [-0.15, -0.1) is 0 Å². The van der Waals surface area contributed by atoms with E-state index in [9.17, 15) is 14.0 Å². The molecular weight excluding hydrogens is 413 g/mol. The van der Waals surface area contributed by atoms with Gasteiger partial charge in [-0.3, -0.25) is 14.2 Å². The average Bonchev–Trinajstić information content (AvgIpc) is 2.81. The van der Waals surface area contributed by atoms with Crippen molar-refractivity contribution < 1.29 is 18.7 Å². The fourth-order valence-corrected chi connectivity index (χ4v) is 3.63. The van der Waals surface area contributed by atoms with Gasteiger partial charge < -0.3 is 14.8 Å². The van der Waals surface area contributed by atoms with Crippen molar-refractivity contribution in [3.05, 3.63) is 82.9 Å². The van der Waals surface area contributed by atoms with Crippen molar-refractivity contribution >= 4 is 22.5 Å². The Kier molecular flexibility index (Phi) is 5.03. The van der Waals surface area contributed by atoms with Gasteiger partial charge in [-0.25, -0.2) is 9.37 Å². The zero-order valence-electron chi connectivity index (χ0n) is 16.9. The number of para-hydroxylation sites is 1. The van der Waals surface area contributed by atoms with E-state index in [1.807, 2.05) is 0 Å². The molecule has 1 aliphatic heterocycles. The molecule has 4 aromatic rings. The largest absolute Gasteiger partial charge is 0.486 e. The van der Waals surface area contributed by atoms with E-state index in [4.69, 9.17) is 9.47 Å². The second-order valence-corrected chi connectivity index (χ2v) is 7.23. The van der Waals surface area contributed by atoms with E-state index in [0.29, 0.717) is 41.3 Å². The van der Waals surface area contributed by atoms with Gasteiger partial charge in [-0.2, -0.15) is 0 Å². The Labute approximate surface area is 182 Å². The molecule has 0 bridgehead atoms. The topological polar surface area (TPSA) is 82.5 Å². The molecule has 1 aliphatic rings. The van der Waals surface area contributed by atoms with Crippen LogP contribution < -0.4 is 20.3 Å². The monoisotopic (exact) mass is 431 g/mol. The molecule has 1 N–H and O–H groups in total. The average molecular weight is 431 g/mol. The van der Waals surface area contributed by atoms with Gasteiger partial charge in [0.05, 0.1) is 16.5 Å². The molecule has 7 nitrogen and oxygen atoms in total. The van der Waals surface area contributed by atoms with Gasteiger partial charge in [0.2, 0.25) is 5.91 Å². The first-order valence-corrected chi connectivity index (χ1v) is 10.0. The molecule has 0 atom stereocenters. The molecular formula is C24H18FN3O4. The lowest BCUT2D eigenvalue weighted by molar-refractivity contribution is -0.116. The number of nitrogens with one attached hydrogen (secondary N) is 1. The number of hydrogen-bond acceptors (Lipinski definition) is 5. The van der Waals surface area contributed by atoms with E-state index in [-0.39, 0.29) is 17.9 Å². The number of amides is 1. The van der Waals surface area contributed by atoms with Crippen LogP contribution in [0, 0.1) is 5.82 Å². The summed E-state index contributed by atoms with van der Waals surface area (Å²) in [5.41, 5.74) is 0.640. The third-order valence-corrected chi connectivity index (χ3v) is 5.10. The first-order chi connectivity index (χ1) is 15.6. The van der Waals surface area contributed by atoms with Gasteiger partial charge in [0.15, 0.2) is 11.5 Å². The molecule has 0 saturated heterocycles. The maximum atomic E-state index is 14.6. The van der Waals surface area contributed by atoms with Gasteiger partial charge in [-0.05, 0) is 36.4 Å². The van der Waals surface area contributed by atoms with Crippen LogP contribution in [0.5, 0.6) is 11.5 Å². The number of aromatic nitrogens is 2. The van der Waals surface area contributed by atoms with E-state index in [0.717, 1.165) is 0 Å². The highest BCUT2D eigenvalue weighted by molar-refractivity contribution is 5.91. The summed E-state index contributed by atoms with van der Waals surface area (Å²) in [6.45, 7) is 0.554. The maximum Gasteiger partial charge on any atom is 0.262 e. The van der Waals surface area contributed by atoms with Crippen LogP contribution in [0.3, 0.4) is 0 Å². The molecule has 160 valence electrons. The van der Waals surface area contributed by atoms with Crippen LogP contribution in [-0.2, 0) is 11.3 Å². The summed E-state index contributed by atoms with van der Waals surface area (Å²) < 4.78 is 26.8. The number of carbonyl (C=O) groups excluding carboxylic acids is 1. The highest BCUT2D eigenvalue weighted by Gasteiger charge is 2.18. The number of anilines is 1. The lowest BCUT2D eigenvalue weighted by Crippen LogP contribution is -2.30. The number of rotatable bonds is 4. The lowest BCUT2D eigenvalue weighted by Gasteiger charge is -2.19. The summed E-state index contributed by atoms with van der Waals surface area (Å²) in [6, 6.07) is 17.8. The number of hydrogen-bond donors (Lipinski definition) is 1. The first-order valence-electron chi connectivity index (χ1n) is 10.0. The van der Waals surface area contributed by atoms with Crippen molar-refractivity contribution in [3.8, 4) is 22.9 Å². The molecule has 0 radical (unpaired) electrons. The third kappa shape index (κ3) is 3.66. The van der Waals surface area contributed by atoms with Crippen LogP contribution in [0.25, 0.3) is 22.3 Å².